The van der Waals surface area contributed by atoms with Crippen LogP contribution in [0.1, 0.15) is 28.0 Å². The van der Waals surface area contributed by atoms with E-state index in [1.807, 2.05) is 11.4 Å². The molecule has 0 aliphatic heterocycles. The summed E-state index contributed by atoms with van der Waals surface area (Å²) in [5.74, 6) is 0.106. The van der Waals surface area contributed by atoms with Crippen LogP contribution >= 0.6 is 27.3 Å². The molecule has 20 heavy (non-hydrogen) atoms. The first-order valence-electron chi connectivity index (χ1n) is 6.60. The van der Waals surface area contributed by atoms with Crippen LogP contribution in [0.25, 0.3) is 0 Å². The molecule has 0 radical (unpaired) electrons. The molecule has 0 atom stereocenters. The van der Waals surface area contributed by atoms with Gasteiger partial charge in [0, 0.05) is 21.2 Å². The number of aryl methyl sites for hydroxylation is 3. The molecule has 106 valence electrons. The van der Waals surface area contributed by atoms with Crippen molar-refractivity contribution < 1.29 is 4.79 Å². The average Bonchev–Trinajstić information content (AvgIpc) is 2.81. The zero-order chi connectivity index (χ0) is 14.5. The highest BCUT2D eigenvalue weighted by molar-refractivity contribution is 9.10. The van der Waals surface area contributed by atoms with Gasteiger partial charge in [-0.05, 0) is 53.4 Å². The van der Waals surface area contributed by atoms with Gasteiger partial charge in [-0.15, -0.1) is 11.3 Å². The van der Waals surface area contributed by atoms with E-state index >= 15 is 0 Å². The van der Waals surface area contributed by atoms with E-state index in [1.54, 1.807) is 11.3 Å². The van der Waals surface area contributed by atoms with Gasteiger partial charge >= 0.3 is 0 Å². The molecule has 1 amide bonds. The second kappa shape index (κ2) is 7.04. The fourth-order valence-corrected chi connectivity index (χ4v) is 3.49. The van der Waals surface area contributed by atoms with Gasteiger partial charge in [0.2, 0.25) is 5.91 Å². The van der Waals surface area contributed by atoms with Gasteiger partial charge in [0.05, 0.1) is 6.54 Å². The molecule has 1 aromatic heterocycles. The van der Waals surface area contributed by atoms with Crippen molar-refractivity contribution in [2.45, 2.75) is 33.2 Å². The minimum Gasteiger partial charge on any atom is -0.351 e. The highest BCUT2D eigenvalue weighted by atomic mass is 79.9. The van der Waals surface area contributed by atoms with Crippen molar-refractivity contribution in [2.75, 3.05) is 0 Å². The minimum absolute atomic E-state index is 0.106. The van der Waals surface area contributed by atoms with Crippen LogP contribution in [-0.2, 0) is 17.8 Å². The van der Waals surface area contributed by atoms with Crippen LogP contribution < -0.4 is 5.32 Å². The molecule has 0 bridgehead atoms. The summed E-state index contributed by atoms with van der Waals surface area (Å²) in [4.78, 5) is 13.0. The molecule has 1 N–H and O–H groups in total. The molecule has 2 aromatic rings. The minimum atomic E-state index is 0.106. The van der Waals surface area contributed by atoms with Gasteiger partial charge < -0.3 is 5.32 Å². The molecule has 4 heteroatoms. The molecule has 0 unspecified atom stereocenters. The number of halogens is 1. The van der Waals surface area contributed by atoms with Gasteiger partial charge in [0.15, 0.2) is 0 Å². The third-order valence-corrected chi connectivity index (χ3v) is 4.90. The van der Waals surface area contributed by atoms with Gasteiger partial charge in [0.25, 0.3) is 0 Å². The number of carbonyl (C=O) groups is 1. The van der Waals surface area contributed by atoms with Gasteiger partial charge in [-0.1, -0.05) is 23.8 Å². The van der Waals surface area contributed by atoms with Gasteiger partial charge in [0.1, 0.15) is 0 Å². The molecular formula is C16H18BrNOS. The lowest BCUT2D eigenvalue weighted by Gasteiger charge is -2.07. The number of rotatable bonds is 5. The predicted molar refractivity (Wildman–Crippen MR) is 88.1 cm³/mol. The van der Waals surface area contributed by atoms with Crippen molar-refractivity contribution >= 4 is 33.2 Å². The lowest BCUT2D eigenvalue weighted by atomic mass is 10.0. The normalized spacial score (nSPS) is 10.6. The molecular weight excluding hydrogens is 334 g/mol. The lowest BCUT2D eigenvalue weighted by Crippen LogP contribution is -2.22. The first-order chi connectivity index (χ1) is 9.54. The Morgan fingerprint density at radius 2 is 2.10 bits per heavy atom. The fraction of sp³-hybridized carbons (Fsp3) is 0.312. The van der Waals surface area contributed by atoms with Crippen LogP contribution in [0.5, 0.6) is 0 Å². The Balaban J connectivity index is 1.80. The standard InChI is InChI=1S/C16H18BrNOS/c1-11-3-4-13(12(2)7-11)5-6-16(19)18-9-15-8-14(17)10-20-15/h3-4,7-8,10H,5-6,9H2,1-2H3,(H,18,19). The van der Waals surface area contributed by atoms with Gasteiger partial charge in [-0.25, -0.2) is 0 Å². The van der Waals surface area contributed by atoms with Crippen molar-refractivity contribution in [3.05, 3.63) is 55.7 Å². The Kier molecular flexibility index (Phi) is 5.38. The number of carbonyl (C=O) groups excluding carboxylic acids is 1. The smallest absolute Gasteiger partial charge is 0.220 e. The highest BCUT2D eigenvalue weighted by Gasteiger charge is 2.05. The van der Waals surface area contributed by atoms with Crippen LogP contribution in [0.2, 0.25) is 0 Å². The molecule has 2 nitrogen and oxygen atoms in total. The van der Waals surface area contributed by atoms with Crippen LogP contribution in [0, 0.1) is 13.8 Å². The van der Waals surface area contributed by atoms with E-state index in [4.69, 9.17) is 0 Å². The molecule has 0 aliphatic rings. The summed E-state index contributed by atoms with van der Waals surface area (Å²) >= 11 is 5.06. The summed E-state index contributed by atoms with van der Waals surface area (Å²) in [6.07, 6.45) is 1.34. The van der Waals surface area contributed by atoms with E-state index in [0.29, 0.717) is 13.0 Å². The number of hydrogen-bond acceptors (Lipinski definition) is 2. The fourth-order valence-electron chi connectivity index (χ4n) is 2.10. The highest BCUT2D eigenvalue weighted by Crippen LogP contribution is 2.19. The molecule has 0 saturated carbocycles. The van der Waals surface area contributed by atoms with E-state index < -0.39 is 0 Å². The van der Waals surface area contributed by atoms with Crippen LogP contribution in [0.3, 0.4) is 0 Å². The Hall–Kier alpha value is -1.13. The zero-order valence-electron chi connectivity index (χ0n) is 11.7. The molecule has 1 heterocycles. The van der Waals surface area contributed by atoms with Crippen molar-refractivity contribution in [1.82, 2.24) is 5.32 Å². The van der Waals surface area contributed by atoms with Crippen LogP contribution in [0.15, 0.2) is 34.1 Å². The average molecular weight is 352 g/mol. The second-order valence-electron chi connectivity index (χ2n) is 4.94. The van der Waals surface area contributed by atoms with Crippen molar-refractivity contribution in [1.29, 1.82) is 0 Å². The summed E-state index contributed by atoms with van der Waals surface area (Å²) in [6.45, 7) is 4.80. The molecule has 0 fully saturated rings. The Labute approximate surface area is 132 Å². The summed E-state index contributed by atoms with van der Waals surface area (Å²) in [5, 5.41) is 4.99. The van der Waals surface area contributed by atoms with E-state index in [0.717, 1.165) is 15.8 Å². The van der Waals surface area contributed by atoms with Crippen molar-refractivity contribution in [2.24, 2.45) is 0 Å². The number of benzene rings is 1. The Bertz CT molecular complexity index is 606. The zero-order valence-corrected chi connectivity index (χ0v) is 14.1. The SMILES string of the molecule is Cc1ccc(CCC(=O)NCc2cc(Br)cs2)c(C)c1. The number of thiophene rings is 1. The second-order valence-corrected chi connectivity index (χ2v) is 6.85. The van der Waals surface area contributed by atoms with E-state index in [1.165, 1.54) is 16.7 Å². The Morgan fingerprint density at radius 3 is 2.75 bits per heavy atom. The number of hydrogen-bond donors (Lipinski definition) is 1. The van der Waals surface area contributed by atoms with Crippen molar-refractivity contribution in [3.63, 3.8) is 0 Å². The van der Waals surface area contributed by atoms with Crippen LogP contribution in [0.4, 0.5) is 0 Å². The van der Waals surface area contributed by atoms with Crippen molar-refractivity contribution in [3.8, 4) is 0 Å². The van der Waals surface area contributed by atoms with Gasteiger partial charge in [-0.2, -0.15) is 0 Å². The third kappa shape index (κ3) is 4.46. The maximum absolute atomic E-state index is 11.9. The Morgan fingerprint density at radius 1 is 1.30 bits per heavy atom. The molecule has 2 rings (SSSR count). The summed E-state index contributed by atoms with van der Waals surface area (Å²) < 4.78 is 1.07. The number of nitrogens with one attached hydrogen (secondary N) is 1. The maximum Gasteiger partial charge on any atom is 0.220 e. The maximum atomic E-state index is 11.9. The van der Waals surface area contributed by atoms with Gasteiger partial charge in [-0.3, -0.25) is 4.79 Å². The quantitative estimate of drug-likeness (QED) is 0.850. The predicted octanol–water partition coefficient (Wildman–Crippen LogP) is 4.38. The lowest BCUT2D eigenvalue weighted by molar-refractivity contribution is -0.121. The summed E-state index contributed by atoms with van der Waals surface area (Å²) in [6, 6.07) is 8.42. The topological polar surface area (TPSA) is 29.1 Å². The molecule has 0 saturated heterocycles. The first-order valence-corrected chi connectivity index (χ1v) is 8.27. The largest absolute Gasteiger partial charge is 0.351 e. The summed E-state index contributed by atoms with van der Waals surface area (Å²) in [5.41, 5.74) is 3.78. The third-order valence-electron chi connectivity index (χ3n) is 3.20. The number of amides is 1. The molecule has 1 aromatic carbocycles. The van der Waals surface area contributed by atoms with Crippen LogP contribution in [-0.4, -0.2) is 5.91 Å². The molecule has 0 spiro atoms. The van der Waals surface area contributed by atoms with E-state index in [9.17, 15) is 4.79 Å². The summed E-state index contributed by atoms with van der Waals surface area (Å²) in [7, 11) is 0. The first kappa shape index (κ1) is 15.3. The van der Waals surface area contributed by atoms with E-state index in [-0.39, 0.29) is 5.91 Å². The molecule has 0 aliphatic carbocycles. The van der Waals surface area contributed by atoms with E-state index in [2.05, 4.69) is 53.3 Å². The monoisotopic (exact) mass is 351 g/mol.